The van der Waals surface area contributed by atoms with Crippen molar-refractivity contribution in [1.82, 2.24) is 0 Å². The van der Waals surface area contributed by atoms with Gasteiger partial charge in [0, 0.05) is 0 Å². The summed E-state index contributed by atoms with van der Waals surface area (Å²) in [5.74, 6) is 0.699. The number of aliphatic hydroxyl groups is 1. The second-order valence-electron chi connectivity index (χ2n) is 6.39. The molecule has 2 aliphatic rings. The summed E-state index contributed by atoms with van der Waals surface area (Å²) in [6.45, 7) is 8.40. The molecule has 0 heterocycles. The Morgan fingerprint density at radius 2 is 2.29 bits per heavy atom. The highest BCUT2D eigenvalue weighted by Crippen LogP contribution is 2.49. The smallest absolute Gasteiger partial charge is 0.0596 e. The first-order valence-corrected chi connectivity index (χ1v) is 7.02. The fourth-order valence-electron chi connectivity index (χ4n) is 2.76. The Morgan fingerprint density at radius 1 is 1.59 bits per heavy atom. The van der Waals surface area contributed by atoms with Crippen molar-refractivity contribution < 1.29 is 5.11 Å². The van der Waals surface area contributed by atoms with Crippen LogP contribution in [0.4, 0.5) is 0 Å². The van der Waals surface area contributed by atoms with Gasteiger partial charge in [0.1, 0.15) is 0 Å². The van der Waals surface area contributed by atoms with Gasteiger partial charge in [-0.3, -0.25) is 0 Å². The minimum Gasteiger partial charge on any atom is -0.393 e. The van der Waals surface area contributed by atoms with Crippen LogP contribution in [0.15, 0.2) is 23.8 Å². The summed E-state index contributed by atoms with van der Waals surface area (Å²) >= 11 is 0. The monoisotopic (exact) mass is 234 g/mol. The maximum atomic E-state index is 10.1. The number of aliphatic hydroxyl groups excluding tert-OH is 1. The molecule has 0 aliphatic heterocycles. The molecule has 0 amide bonds. The van der Waals surface area contributed by atoms with Crippen molar-refractivity contribution in [3.05, 3.63) is 23.8 Å². The zero-order chi connectivity index (χ0) is 12.5. The van der Waals surface area contributed by atoms with E-state index in [0.29, 0.717) is 5.92 Å². The molecule has 17 heavy (non-hydrogen) atoms. The van der Waals surface area contributed by atoms with Crippen LogP contribution < -0.4 is 0 Å². The Balaban J connectivity index is 1.75. The van der Waals surface area contributed by atoms with Gasteiger partial charge >= 0.3 is 0 Å². The third kappa shape index (κ3) is 3.22. The molecule has 0 radical (unpaired) electrons. The van der Waals surface area contributed by atoms with Crippen LogP contribution in [0.25, 0.3) is 0 Å². The number of hydrogen-bond donors (Lipinski definition) is 1. The number of allylic oxidation sites excluding steroid dienone is 3. The largest absolute Gasteiger partial charge is 0.393 e. The maximum Gasteiger partial charge on any atom is 0.0596 e. The molecule has 1 N–H and O–H groups in total. The van der Waals surface area contributed by atoms with E-state index in [4.69, 9.17) is 0 Å². The molecular weight excluding hydrogens is 208 g/mol. The van der Waals surface area contributed by atoms with Crippen molar-refractivity contribution in [2.45, 2.75) is 64.9 Å². The molecular formula is C16H26O. The van der Waals surface area contributed by atoms with E-state index in [9.17, 15) is 5.11 Å². The topological polar surface area (TPSA) is 20.2 Å². The minimum absolute atomic E-state index is 0.0812. The highest BCUT2D eigenvalue weighted by atomic mass is 16.3. The molecule has 1 nitrogen and oxygen atoms in total. The average Bonchev–Trinajstić information content (AvgIpc) is 3.06. The van der Waals surface area contributed by atoms with Gasteiger partial charge in [-0.15, -0.1) is 0 Å². The highest BCUT2D eigenvalue weighted by molar-refractivity contribution is 5.12. The molecule has 96 valence electrons. The SMILES string of the molecule is C=C(C)C1CC=C(CCC(O)C2(C)CC2)CC1. The van der Waals surface area contributed by atoms with Crippen molar-refractivity contribution >= 4 is 0 Å². The van der Waals surface area contributed by atoms with Gasteiger partial charge in [0.25, 0.3) is 0 Å². The second kappa shape index (κ2) is 4.97. The van der Waals surface area contributed by atoms with Crippen LogP contribution in [-0.2, 0) is 0 Å². The third-order valence-corrected chi connectivity index (χ3v) is 4.78. The van der Waals surface area contributed by atoms with Gasteiger partial charge in [-0.05, 0) is 63.2 Å². The molecule has 1 saturated carbocycles. The van der Waals surface area contributed by atoms with Crippen LogP contribution in [0.3, 0.4) is 0 Å². The molecule has 1 heteroatoms. The summed E-state index contributed by atoms with van der Waals surface area (Å²) < 4.78 is 0. The summed E-state index contributed by atoms with van der Waals surface area (Å²) in [6, 6.07) is 0. The van der Waals surface area contributed by atoms with Crippen LogP contribution in [0, 0.1) is 11.3 Å². The molecule has 0 aromatic rings. The summed E-state index contributed by atoms with van der Waals surface area (Å²) in [5, 5.41) is 10.1. The quantitative estimate of drug-likeness (QED) is 0.706. The summed E-state index contributed by atoms with van der Waals surface area (Å²) in [7, 11) is 0. The minimum atomic E-state index is -0.0812. The van der Waals surface area contributed by atoms with Gasteiger partial charge in [-0.25, -0.2) is 0 Å². The van der Waals surface area contributed by atoms with Crippen LogP contribution in [-0.4, -0.2) is 11.2 Å². The van der Waals surface area contributed by atoms with Crippen LogP contribution in [0.1, 0.15) is 58.8 Å². The van der Waals surface area contributed by atoms with Crippen molar-refractivity contribution in [1.29, 1.82) is 0 Å². The summed E-state index contributed by atoms with van der Waals surface area (Å²) in [5.41, 5.74) is 3.15. The van der Waals surface area contributed by atoms with Gasteiger partial charge in [0.15, 0.2) is 0 Å². The molecule has 0 aromatic carbocycles. The molecule has 2 aliphatic carbocycles. The van der Waals surface area contributed by atoms with Gasteiger partial charge in [0.2, 0.25) is 0 Å². The van der Waals surface area contributed by atoms with Crippen LogP contribution >= 0.6 is 0 Å². The van der Waals surface area contributed by atoms with Gasteiger partial charge in [-0.1, -0.05) is 30.7 Å². The standard InChI is InChI=1S/C16H26O/c1-12(2)14-7-4-13(5-8-14)6-9-15(17)16(3)10-11-16/h4,14-15,17H,1,5-11H2,2-3H3. The molecule has 0 spiro atoms. The lowest BCUT2D eigenvalue weighted by Gasteiger charge is -2.24. The fraction of sp³-hybridized carbons (Fsp3) is 0.750. The Bertz CT molecular complexity index is 322. The Hall–Kier alpha value is -0.560. The Labute approximate surface area is 106 Å². The second-order valence-corrected chi connectivity index (χ2v) is 6.39. The van der Waals surface area contributed by atoms with Gasteiger partial charge in [-0.2, -0.15) is 0 Å². The highest BCUT2D eigenvalue weighted by Gasteiger charge is 2.43. The lowest BCUT2D eigenvalue weighted by molar-refractivity contribution is 0.0941. The molecule has 1 fully saturated rings. The maximum absolute atomic E-state index is 10.1. The Morgan fingerprint density at radius 3 is 2.76 bits per heavy atom. The van der Waals surface area contributed by atoms with Gasteiger partial charge < -0.3 is 5.11 Å². The predicted octanol–water partition coefficient (Wildman–Crippen LogP) is 4.23. The van der Waals surface area contributed by atoms with E-state index in [-0.39, 0.29) is 11.5 Å². The molecule has 0 aromatic heterocycles. The third-order valence-electron chi connectivity index (χ3n) is 4.78. The normalized spacial score (nSPS) is 28.4. The van der Waals surface area contributed by atoms with Crippen LogP contribution in [0.2, 0.25) is 0 Å². The first-order chi connectivity index (χ1) is 8.01. The van der Waals surface area contributed by atoms with Crippen LogP contribution in [0.5, 0.6) is 0 Å². The zero-order valence-electron chi connectivity index (χ0n) is 11.3. The zero-order valence-corrected chi connectivity index (χ0v) is 11.3. The number of hydrogen-bond acceptors (Lipinski definition) is 1. The van der Waals surface area contributed by atoms with Crippen molar-refractivity contribution in [2.24, 2.45) is 11.3 Å². The molecule has 2 rings (SSSR count). The first-order valence-electron chi connectivity index (χ1n) is 7.02. The molecule has 0 bridgehead atoms. The lowest BCUT2D eigenvalue weighted by Crippen LogP contribution is -2.19. The van der Waals surface area contributed by atoms with Crippen molar-refractivity contribution in [3.63, 3.8) is 0 Å². The first kappa shape index (κ1) is 12.9. The predicted molar refractivity (Wildman–Crippen MR) is 72.8 cm³/mol. The van der Waals surface area contributed by atoms with Crippen molar-refractivity contribution in [3.8, 4) is 0 Å². The lowest BCUT2D eigenvalue weighted by atomic mass is 9.83. The molecule has 0 saturated heterocycles. The van der Waals surface area contributed by atoms with E-state index in [2.05, 4.69) is 26.5 Å². The van der Waals surface area contributed by atoms with E-state index in [1.54, 1.807) is 5.57 Å². The fourth-order valence-corrected chi connectivity index (χ4v) is 2.76. The van der Waals surface area contributed by atoms with E-state index >= 15 is 0 Å². The van der Waals surface area contributed by atoms with E-state index in [1.165, 1.54) is 31.3 Å². The number of rotatable bonds is 5. The Kier molecular flexibility index (Phi) is 3.77. The van der Waals surface area contributed by atoms with E-state index in [1.807, 2.05) is 0 Å². The molecule has 2 atom stereocenters. The van der Waals surface area contributed by atoms with Gasteiger partial charge in [0.05, 0.1) is 6.10 Å². The summed E-state index contributed by atoms with van der Waals surface area (Å²) in [4.78, 5) is 0. The molecule has 2 unspecified atom stereocenters. The van der Waals surface area contributed by atoms with E-state index in [0.717, 1.165) is 19.3 Å². The van der Waals surface area contributed by atoms with Crippen molar-refractivity contribution in [2.75, 3.05) is 0 Å². The summed E-state index contributed by atoms with van der Waals surface area (Å²) in [6.07, 6.45) is 10.4. The van der Waals surface area contributed by atoms with E-state index < -0.39 is 0 Å². The average molecular weight is 234 g/mol.